The van der Waals surface area contributed by atoms with Crippen molar-refractivity contribution in [3.8, 4) is 0 Å². The number of aliphatic hydroxyl groups is 1. The maximum absolute atomic E-state index is 12.4. The molecule has 1 N–H and O–H groups in total. The van der Waals surface area contributed by atoms with Crippen LogP contribution in [0.4, 0.5) is 17.6 Å². The summed E-state index contributed by atoms with van der Waals surface area (Å²) in [5, 5.41) is 11.0. The molecule has 1 aromatic heterocycles. The third-order valence-corrected chi connectivity index (χ3v) is 2.07. The summed E-state index contributed by atoms with van der Waals surface area (Å²) in [5.41, 5.74) is -1.68. The van der Waals surface area contributed by atoms with E-state index in [2.05, 4.69) is 5.10 Å². The van der Waals surface area contributed by atoms with Crippen LogP contribution in [0.2, 0.25) is 5.02 Å². The van der Waals surface area contributed by atoms with Gasteiger partial charge in [-0.1, -0.05) is 11.6 Å². The molecule has 0 spiro atoms. The topological polar surface area (TPSA) is 38.0 Å². The Bertz CT molecular complexity index is 342. The molecular weight excluding hydrogens is 240 g/mol. The highest BCUT2D eigenvalue weighted by atomic mass is 35.5. The molecule has 1 aromatic rings. The fraction of sp³-hybridized carbons (Fsp3) is 0.571. The van der Waals surface area contributed by atoms with Gasteiger partial charge in [0.2, 0.25) is 0 Å². The van der Waals surface area contributed by atoms with Gasteiger partial charge in [-0.2, -0.15) is 5.10 Å². The van der Waals surface area contributed by atoms with E-state index in [0.29, 0.717) is 4.68 Å². The van der Waals surface area contributed by atoms with Crippen molar-refractivity contribution in [3.05, 3.63) is 16.4 Å². The van der Waals surface area contributed by atoms with Gasteiger partial charge < -0.3 is 5.11 Å². The van der Waals surface area contributed by atoms with Crippen molar-refractivity contribution in [2.45, 2.75) is 19.4 Å². The summed E-state index contributed by atoms with van der Waals surface area (Å²) in [6.07, 6.45) is -6.03. The van der Waals surface area contributed by atoms with Crippen molar-refractivity contribution in [1.82, 2.24) is 9.78 Å². The van der Waals surface area contributed by atoms with Crippen LogP contribution in [0.25, 0.3) is 0 Å². The summed E-state index contributed by atoms with van der Waals surface area (Å²) >= 11 is 5.33. The lowest BCUT2D eigenvalue weighted by atomic mass is 10.3. The van der Waals surface area contributed by atoms with Gasteiger partial charge in [0.05, 0.1) is 18.2 Å². The molecule has 0 bridgehead atoms. The molecular formula is C7H7ClF4N2O. The van der Waals surface area contributed by atoms with Crippen molar-refractivity contribution in [3.63, 3.8) is 0 Å². The minimum Gasteiger partial charge on any atom is -0.394 e. The maximum atomic E-state index is 12.4. The van der Waals surface area contributed by atoms with Crippen LogP contribution in [0.1, 0.15) is 24.2 Å². The summed E-state index contributed by atoms with van der Waals surface area (Å²) in [7, 11) is 0. The Hall–Kier alpha value is -0.820. The monoisotopic (exact) mass is 246 g/mol. The van der Waals surface area contributed by atoms with Crippen LogP contribution in [0.5, 0.6) is 0 Å². The van der Waals surface area contributed by atoms with E-state index in [9.17, 15) is 17.6 Å². The molecule has 1 heterocycles. The Kier molecular flexibility index (Phi) is 3.92. The van der Waals surface area contributed by atoms with E-state index >= 15 is 0 Å². The van der Waals surface area contributed by atoms with Crippen LogP contribution in [0, 0.1) is 0 Å². The molecule has 0 atom stereocenters. The molecule has 8 heteroatoms. The second-order valence-electron chi connectivity index (χ2n) is 2.63. The molecule has 0 saturated carbocycles. The van der Waals surface area contributed by atoms with E-state index in [1.165, 1.54) is 0 Å². The summed E-state index contributed by atoms with van der Waals surface area (Å²) in [6.45, 7) is -0.785. The number of aliphatic hydroxyl groups excluding tert-OH is 1. The van der Waals surface area contributed by atoms with Gasteiger partial charge in [0.1, 0.15) is 11.4 Å². The van der Waals surface area contributed by atoms with Crippen molar-refractivity contribution >= 4 is 11.6 Å². The summed E-state index contributed by atoms with van der Waals surface area (Å²) in [6, 6.07) is 0. The van der Waals surface area contributed by atoms with E-state index in [1.807, 2.05) is 0 Å². The Morgan fingerprint density at radius 1 is 1.27 bits per heavy atom. The molecule has 1 rings (SSSR count). The lowest BCUT2D eigenvalue weighted by Gasteiger charge is -2.03. The molecule has 0 saturated heterocycles. The lowest BCUT2D eigenvalue weighted by molar-refractivity contribution is 0.135. The van der Waals surface area contributed by atoms with Crippen molar-refractivity contribution < 1.29 is 22.7 Å². The zero-order valence-electron chi connectivity index (χ0n) is 7.30. The van der Waals surface area contributed by atoms with Gasteiger partial charge in [0.25, 0.3) is 12.9 Å². The van der Waals surface area contributed by atoms with E-state index < -0.39 is 35.9 Å². The van der Waals surface area contributed by atoms with Crippen LogP contribution in [-0.2, 0) is 6.54 Å². The highest BCUT2D eigenvalue weighted by Gasteiger charge is 2.27. The van der Waals surface area contributed by atoms with E-state index in [4.69, 9.17) is 16.7 Å². The molecule has 0 aromatic carbocycles. The summed E-state index contributed by atoms with van der Waals surface area (Å²) < 4.78 is 49.9. The Balaban J connectivity index is 3.20. The SMILES string of the molecule is OCCn1nc(C(F)F)c(Cl)c1C(F)F. The van der Waals surface area contributed by atoms with Gasteiger partial charge in [-0.3, -0.25) is 4.68 Å². The van der Waals surface area contributed by atoms with Crippen LogP contribution in [0.3, 0.4) is 0 Å². The molecule has 0 unspecified atom stereocenters. The van der Waals surface area contributed by atoms with E-state index in [0.717, 1.165) is 0 Å². The van der Waals surface area contributed by atoms with Gasteiger partial charge in [-0.05, 0) is 0 Å². The molecule has 0 aliphatic rings. The van der Waals surface area contributed by atoms with Gasteiger partial charge in [0.15, 0.2) is 0 Å². The molecule has 15 heavy (non-hydrogen) atoms. The zero-order chi connectivity index (χ0) is 11.6. The van der Waals surface area contributed by atoms with Gasteiger partial charge >= 0.3 is 0 Å². The normalized spacial score (nSPS) is 11.7. The Morgan fingerprint density at radius 3 is 2.27 bits per heavy atom. The molecule has 0 radical (unpaired) electrons. The highest BCUT2D eigenvalue weighted by Crippen LogP contribution is 2.34. The van der Waals surface area contributed by atoms with E-state index in [1.54, 1.807) is 0 Å². The van der Waals surface area contributed by atoms with Crippen LogP contribution >= 0.6 is 11.6 Å². The molecule has 0 aliphatic heterocycles. The first kappa shape index (κ1) is 12.3. The van der Waals surface area contributed by atoms with Crippen LogP contribution in [0.15, 0.2) is 0 Å². The molecule has 0 fully saturated rings. The summed E-state index contributed by atoms with van der Waals surface area (Å²) in [5.74, 6) is 0. The number of hydrogen-bond donors (Lipinski definition) is 1. The minimum absolute atomic E-state index is 0.299. The first-order chi connectivity index (χ1) is 6.99. The molecule has 86 valence electrons. The number of nitrogens with zero attached hydrogens (tertiary/aromatic N) is 2. The minimum atomic E-state index is -3.02. The van der Waals surface area contributed by atoms with Gasteiger partial charge in [0, 0.05) is 0 Å². The van der Waals surface area contributed by atoms with Crippen LogP contribution in [-0.4, -0.2) is 21.5 Å². The van der Waals surface area contributed by atoms with Crippen molar-refractivity contribution in [2.24, 2.45) is 0 Å². The average Bonchev–Trinajstić information content (AvgIpc) is 2.43. The second kappa shape index (κ2) is 4.80. The third kappa shape index (κ3) is 2.40. The Labute approximate surface area is 87.3 Å². The molecule has 0 amide bonds. The maximum Gasteiger partial charge on any atom is 0.283 e. The lowest BCUT2D eigenvalue weighted by Crippen LogP contribution is -2.08. The van der Waals surface area contributed by atoms with Gasteiger partial charge in [-0.25, -0.2) is 17.6 Å². The van der Waals surface area contributed by atoms with E-state index in [-0.39, 0.29) is 6.54 Å². The number of halogens is 5. The standard InChI is InChI=1S/C7H7ClF4N2O/c8-3-4(6(9)10)13-14(1-2-15)5(3)7(11)12/h6-7,15H,1-2H2. The smallest absolute Gasteiger partial charge is 0.283 e. The third-order valence-electron chi connectivity index (χ3n) is 1.68. The largest absolute Gasteiger partial charge is 0.394 e. The highest BCUT2D eigenvalue weighted by molar-refractivity contribution is 6.32. The zero-order valence-corrected chi connectivity index (χ0v) is 8.06. The van der Waals surface area contributed by atoms with Crippen LogP contribution < -0.4 is 0 Å². The predicted octanol–water partition coefficient (Wildman–Crippen LogP) is 2.40. The number of rotatable bonds is 4. The average molecular weight is 247 g/mol. The number of alkyl halides is 4. The predicted molar refractivity (Wildman–Crippen MR) is 44.2 cm³/mol. The fourth-order valence-corrected chi connectivity index (χ4v) is 1.39. The van der Waals surface area contributed by atoms with Gasteiger partial charge in [-0.15, -0.1) is 0 Å². The molecule has 0 aliphatic carbocycles. The first-order valence-electron chi connectivity index (χ1n) is 3.92. The molecule has 3 nitrogen and oxygen atoms in total. The fourth-order valence-electron chi connectivity index (χ4n) is 1.09. The number of hydrogen-bond acceptors (Lipinski definition) is 2. The Morgan fingerprint density at radius 2 is 1.87 bits per heavy atom. The number of aromatic nitrogens is 2. The van der Waals surface area contributed by atoms with Crippen molar-refractivity contribution in [1.29, 1.82) is 0 Å². The summed E-state index contributed by atoms with van der Waals surface area (Å²) in [4.78, 5) is 0. The first-order valence-corrected chi connectivity index (χ1v) is 4.30. The quantitative estimate of drug-likeness (QED) is 0.829. The van der Waals surface area contributed by atoms with Crippen molar-refractivity contribution in [2.75, 3.05) is 6.61 Å². The second-order valence-corrected chi connectivity index (χ2v) is 3.01.